The molecule has 2 aromatic carbocycles. The molecule has 2 N–H and O–H groups in total. The standard InChI is InChI=1S/C18H18O2/c1-3-5-15-11-13(7-9-17(15)19)14-8-10-18(20)16(12-14)6-4-2/h3-4,7-12,19-20H,1-2,5-6H2. The topological polar surface area (TPSA) is 40.5 Å². The molecular formula is C18H18O2. The number of rotatable bonds is 5. The van der Waals surface area contributed by atoms with Gasteiger partial charge in [-0.2, -0.15) is 0 Å². The van der Waals surface area contributed by atoms with Crippen molar-refractivity contribution < 1.29 is 10.2 Å². The normalized spacial score (nSPS) is 10.2. The second-order valence-corrected chi connectivity index (χ2v) is 4.67. The summed E-state index contributed by atoms with van der Waals surface area (Å²) >= 11 is 0. The molecule has 0 amide bonds. The summed E-state index contributed by atoms with van der Waals surface area (Å²) in [7, 11) is 0. The lowest BCUT2D eigenvalue weighted by atomic mass is 9.98. The molecule has 2 heteroatoms. The van der Waals surface area contributed by atoms with Gasteiger partial charge in [-0.3, -0.25) is 0 Å². The molecule has 0 spiro atoms. The zero-order chi connectivity index (χ0) is 14.5. The Morgan fingerprint density at radius 3 is 1.50 bits per heavy atom. The van der Waals surface area contributed by atoms with Crippen LogP contribution in [0.1, 0.15) is 11.1 Å². The molecule has 0 bridgehead atoms. The summed E-state index contributed by atoms with van der Waals surface area (Å²) < 4.78 is 0. The minimum atomic E-state index is 0.277. The first kappa shape index (κ1) is 13.9. The Bertz CT molecular complexity index is 584. The van der Waals surface area contributed by atoms with Crippen LogP contribution in [0.4, 0.5) is 0 Å². The van der Waals surface area contributed by atoms with E-state index in [2.05, 4.69) is 13.2 Å². The van der Waals surface area contributed by atoms with Crippen molar-refractivity contribution in [3.05, 3.63) is 72.8 Å². The van der Waals surface area contributed by atoms with Crippen LogP contribution < -0.4 is 0 Å². The molecule has 0 saturated carbocycles. The minimum absolute atomic E-state index is 0.277. The van der Waals surface area contributed by atoms with E-state index in [9.17, 15) is 10.2 Å². The SMILES string of the molecule is C=CCc1cc(-c2ccc(O)c(CC=C)c2)ccc1O. The molecule has 0 unspecified atom stereocenters. The third kappa shape index (κ3) is 2.91. The molecule has 0 radical (unpaired) electrons. The van der Waals surface area contributed by atoms with Crippen molar-refractivity contribution >= 4 is 0 Å². The molecule has 0 saturated heterocycles. The summed E-state index contributed by atoms with van der Waals surface area (Å²) in [6, 6.07) is 11.0. The smallest absolute Gasteiger partial charge is 0.119 e. The summed E-state index contributed by atoms with van der Waals surface area (Å²) in [6.07, 6.45) is 4.77. The molecule has 0 aliphatic heterocycles. The fourth-order valence-electron chi connectivity index (χ4n) is 2.17. The third-order valence-corrected chi connectivity index (χ3v) is 3.22. The molecule has 2 aromatic rings. The number of phenols is 2. The summed E-state index contributed by atoms with van der Waals surface area (Å²) in [5, 5.41) is 19.6. The molecule has 0 atom stereocenters. The molecule has 0 aliphatic carbocycles. The van der Waals surface area contributed by atoms with Crippen molar-refractivity contribution in [1.29, 1.82) is 0 Å². The van der Waals surface area contributed by atoms with Gasteiger partial charge in [0.2, 0.25) is 0 Å². The first-order valence-electron chi connectivity index (χ1n) is 6.51. The van der Waals surface area contributed by atoms with Gasteiger partial charge in [-0.25, -0.2) is 0 Å². The van der Waals surface area contributed by atoms with E-state index in [1.807, 2.05) is 24.3 Å². The monoisotopic (exact) mass is 266 g/mol. The van der Waals surface area contributed by atoms with Gasteiger partial charge in [-0.15, -0.1) is 13.2 Å². The highest BCUT2D eigenvalue weighted by Gasteiger charge is 2.06. The minimum Gasteiger partial charge on any atom is -0.508 e. The number of hydrogen-bond donors (Lipinski definition) is 2. The largest absolute Gasteiger partial charge is 0.508 e. The summed E-state index contributed by atoms with van der Waals surface area (Å²) in [6.45, 7) is 7.39. The Hall–Kier alpha value is -2.48. The lowest BCUT2D eigenvalue weighted by Gasteiger charge is -2.09. The van der Waals surface area contributed by atoms with Gasteiger partial charge in [0.25, 0.3) is 0 Å². The first-order valence-corrected chi connectivity index (χ1v) is 6.51. The Morgan fingerprint density at radius 1 is 0.750 bits per heavy atom. The Kier molecular flexibility index (Phi) is 4.26. The van der Waals surface area contributed by atoms with Crippen LogP contribution in [0.2, 0.25) is 0 Å². The Labute approximate surface area is 119 Å². The van der Waals surface area contributed by atoms with Crippen LogP contribution >= 0.6 is 0 Å². The van der Waals surface area contributed by atoms with Gasteiger partial charge in [0, 0.05) is 0 Å². The average Bonchev–Trinajstić information content (AvgIpc) is 2.44. The Morgan fingerprint density at radius 2 is 1.15 bits per heavy atom. The Balaban J connectivity index is 2.45. The van der Waals surface area contributed by atoms with Crippen molar-refractivity contribution in [3.63, 3.8) is 0 Å². The van der Waals surface area contributed by atoms with Crippen LogP contribution in [0.3, 0.4) is 0 Å². The van der Waals surface area contributed by atoms with Crippen molar-refractivity contribution in [1.82, 2.24) is 0 Å². The summed E-state index contributed by atoms with van der Waals surface area (Å²) in [5.41, 5.74) is 3.70. The van der Waals surface area contributed by atoms with Gasteiger partial charge < -0.3 is 10.2 Å². The predicted molar refractivity (Wildman–Crippen MR) is 83.0 cm³/mol. The third-order valence-electron chi connectivity index (χ3n) is 3.22. The van der Waals surface area contributed by atoms with Gasteiger partial charge in [0.1, 0.15) is 11.5 Å². The van der Waals surface area contributed by atoms with E-state index in [-0.39, 0.29) is 11.5 Å². The number of aromatic hydroxyl groups is 2. The van der Waals surface area contributed by atoms with Crippen molar-refractivity contribution in [2.45, 2.75) is 12.8 Å². The van der Waals surface area contributed by atoms with Crippen LogP contribution in [-0.4, -0.2) is 10.2 Å². The van der Waals surface area contributed by atoms with E-state index >= 15 is 0 Å². The molecule has 102 valence electrons. The molecule has 0 fully saturated rings. The molecule has 2 nitrogen and oxygen atoms in total. The van der Waals surface area contributed by atoms with Crippen molar-refractivity contribution in [3.8, 4) is 22.6 Å². The lowest BCUT2D eigenvalue weighted by Crippen LogP contribution is -1.88. The zero-order valence-electron chi connectivity index (χ0n) is 11.3. The van der Waals surface area contributed by atoms with E-state index in [4.69, 9.17) is 0 Å². The molecule has 0 heterocycles. The highest BCUT2D eigenvalue weighted by Crippen LogP contribution is 2.30. The number of hydrogen-bond acceptors (Lipinski definition) is 2. The first-order chi connectivity index (χ1) is 9.65. The van der Waals surface area contributed by atoms with Crippen LogP contribution in [0.15, 0.2) is 61.7 Å². The fourth-order valence-corrected chi connectivity index (χ4v) is 2.17. The van der Waals surface area contributed by atoms with E-state index < -0.39 is 0 Å². The van der Waals surface area contributed by atoms with E-state index in [1.54, 1.807) is 24.3 Å². The van der Waals surface area contributed by atoms with Crippen LogP contribution in [-0.2, 0) is 12.8 Å². The van der Waals surface area contributed by atoms with Gasteiger partial charge >= 0.3 is 0 Å². The highest BCUT2D eigenvalue weighted by molar-refractivity contribution is 5.67. The average molecular weight is 266 g/mol. The molecule has 0 aliphatic rings. The second kappa shape index (κ2) is 6.11. The number of phenolic OH excluding ortho intramolecular Hbond substituents is 2. The second-order valence-electron chi connectivity index (χ2n) is 4.67. The summed E-state index contributed by atoms with van der Waals surface area (Å²) in [4.78, 5) is 0. The molecule has 2 rings (SSSR count). The van der Waals surface area contributed by atoms with Crippen LogP contribution in [0.5, 0.6) is 11.5 Å². The maximum Gasteiger partial charge on any atom is 0.119 e. The maximum absolute atomic E-state index is 9.79. The quantitative estimate of drug-likeness (QED) is 0.795. The van der Waals surface area contributed by atoms with E-state index in [1.165, 1.54) is 0 Å². The van der Waals surface area contributed by atoms with E-state index in [0.29, 0.717) is 12.8 Å². The predicted octanol–water partition coefficient (Wildman–Crippen LogP) is 4.22. The zero-order valence-corrected chi connectivity index (χ0v) is 11.3. The lowest BCUT2D eigenvalue weighted by molar-refractivity contribution is 0.469. The molecule has 20 heavy (non-hydrogen) atoms. The van der Waals surface area contributed by atoms with Gasteiger partial charge in [0.05, 0.1) is 0 Å². The van der Waals surface area contributed by atoms with Gasteiger partial charge in [-0.1, -0.05) is 24.3 Å². The highest BCUT2D eigenvalue weighted by atomic mass is 16.3. The number of benzene rings is 2. The maximum atomic E-state index is 9.79. The van der Waals surface area contributed by atoms with Crippen LogP contribution in [0.25, 0.3) is 11.1 Å². The van der Waals surface area contributed by atoms with Crippen molar-refractivity contribution in [2.24, 2.45) is 0 Å². The molecular weight excluding hydrogens is 248 g/mol. The van der Waals surface area contributed by atoms with Gasteiger partial charge in [-0.05, 0) is 59.4 Å². The fraction of sp³-hybridized carbons (Fsp3) is 0.111. The van der Waals surface area contributed by atoms with E-state index in [0.717, 1.165) is 22.3 Å². The van der Waals surface area contributed by atoms with Gasteiger partial charge in [0.15, 0.2) is 0 Å². The van der Waals surface area contributed by atoms with Crippen LogP contribution in [0, 0.1) is 0 Å². The number of allylic oxidation sites excluding steroid dienone is 2. The van der Waals surface area contributed by atoms with Crippen molar-refractivity contribution in [2.75, 3.05) is 0 Å². The molecule has 0 aromatic heterocycles. The summed E-state index contributed by atoms with van der Waals surface area (Å²) in [5.74, 6) is 0.553.